The van der Waals surface area contributed by atoms with E-state index < -0.39 is 12.6 Å². The fourth-order valence-electron chi connectivity index (χ4n) is 1.52. The van der Waals surface area contributed by atoms with Crippen molar-refractivity contribution in [2.45, 2.75) is 39.3 Å². The number of rotatable bonds is 7. The van der Waals surface area contributed by atoms with Gasteiger partial charge in [0.25, 0.3) is 0 Å². The molecule has 4 nitrogen and oxygen atoms in total. The molecule has 0 saturated heterocycles. The fraction of sp³-hybridized carbons (Fsp3) is 0.667. The average molecular weight is 276 g/mol. The summed E-state index contributed by atoms with van der Waals surface area (Å²) >= 11 is 0. The number of nitrogens with one attached hydrogen (secondary N) is 2. The number of alkyl halides is 3. The van der Waals surface area contributed by atoms with Crippen LogP contribution < -0.4 is 10.6 Å². The second kappa shape index (κ2) is 7.16. The summed E-state index contributed by atoms with van der Waals surface area (Å²) in [4.78, 5) is 8.49. The molecule has 0 aliphatic heterocycles. The summed E-state index contributed by atoms with van der Waals surface area (Å²) in [5, 5.41) is 5.97. The monoisotopic (exact) mass is 276 g/mol. The lowest BCUT2D eigenvalue weighted by atomic mass is 10.3. The predicted octanol–water partition coefficient (Wildman–Crippen LogP) is 3.23. The minimum atomic E-state index is -4.10. The van der Waals surface area contributed by atoms with Crippen molar-refractivity contribution in [2.24, 2.45) is 0 Å². The maximum atomic E-state index is 12.0. The van der Waals surface area contributed by atoms with Gasteiger partial charge in [0.15, 0.2) is 0 Å². The van der Waals surface area contributed by atoms with Gasteiger partial charge in [-0.2, -0.15) is 13.2 Å². The maximum absolute atomic E-state index is 12.0. The summed E-state index contributed by atoms with van der Waals surface area (Å²) < 4.78 is 36.0. The van der Waals surface area contributed by atoms with E-state index in [-0.39, 0.29) is 13.0 Å². The highest BCUT2D eigenvalue weighted by molar-refractivity contribution is 5.47. The number of aryl methyl sites for hydroxylation is 1. The quantitative estimate of drug-likeness (QED) is 0.751. The number of halogens is 3. The number of hydrogen-bond acceptors (Lipinski definition) is 4. The largest absolute Gasteiger partial charge is 0.389 e. The van der Waals surface area contributed by atoms with Crippen molar-refractivity contribution in [1.29, 1.82) is 0 Å². The number of aromatic nitrogens is 2. The van der Waals surface area contributed by atoms with Gasteiger partial charge < -0.3 is 10.6 Å². The highest BCUT2D eigenvalue weighted by Gasteiger charge is 2.25. The molecule has 0 saturated carbocycles. The van der Waals surface area contributed by atoms with Crippen LogP contribution in [0.3, 0.4) is 0 Å². The zero-order chi connectivity index (χ0) is 14.3. The van der Waals surface area contributed by atoms with Crippen LogP contribution >= 0.6 is 0 Å². The van der Waals surface area contributed by atoms with Gasteiger partial charge in [0.2, 0.25) is 0 Å². The van der Waals surface area contributed by atoms with E-state index in [2.05, 4.69) is 20.6 Å². The molecule has 0 amide bonds. The Bertz CT molecular complexity index is 393. The summed E-state index contributed by atoms with van der Waals surface area (Å²) in [6.07, 6.45) is -4.18. The van der Waals surface area contributed by atoms with Gasteiger partial charge in [-0.1, -0.05) is 6.92 Å². The number of nitrogens with zero attached hydrogens (tertiary/aromatic N) is 2. The number of anilines is 2. The molecule has 0 atom stereocenters. The molecule has 0 aromatic carbocycles. The fourth-order valence-corrected chi connectivity index (χ4v) is 1.52. The normalized spacial score (nSPS) is 11.4. The van der Waals surface area contributed by atoms with Crippen LogP contribution in [-0.2, 0) is 6.42 Å². The topological polar surface area (TPSA) is 49.8 Å². The van der Waals surface area contributed by atoms with Crippen LogP contribution in [-0.4, -0.2) is 29.2 Å². The van der Waals surface area contributed by atoms with Crippen molar-refractivity contribution < 1.29 is 13.2 Å². The van der Waals surface area contributed by atoms with Gasteiger partial charge in [0, 0.05) is 32.0 Å². The van der Waals surface area contributed by atoms with Crippen LogP contribution in [0.25, 0.3) is 0 Å². The van der Waals surface area contributed by atoms with Crippen molar-refractivity contribution in [1.82, 2.24) is 9.97 Å². The Morgan fingerprint density at radius 3 is 2.26 bits per heavy atom. The molecule has 108 valence electrons. The Labute approximate surface area is 110 Å². The van der Waals surface area contributed by atoms with Gasteiger partial charge in [-0.15, -0.1) is 0 Å². The lowest BCUT2D eigenvalue weighted by molar-refractivity contribution is -0.134. The SMILES string of the molecule is CCNc1cc(NCCCC(F)(F)F)nc(CC)n1. The molecule has 1 aromatic heterocycles. The third-order valence-electron chi connectivity index (χ3n) is 2.39. The second-order valence-corrected chi connectivity index (χ2v) is 4.08. The Hall–Kier alpha value is -1.53. The predicted molar refractivity (Wildman–Crippen MR) is 69.4 cm³/mol. The first kappa shape index (κ1) is 15.5. The lowest BCUT2D eigenvalue weighted by Gasteiger charge is -2.10. The van der Waals surface area contributed by atoms with E-state index in [9.17, 15) is 13.2 Å². The number of hydrogen-bond donors (Lipinski definition) is 2. The van der Waals surface area contributed by atoms with Crippen molar-refractivity contribution in [3.8, 4) is 0 Å². The average Bonchev–Trinajstić information content (AvgIpc) is 2.34. The molecule has 0 unspecified atom stereocenters. The van der Waals surface area contributed by atoms with Crippen LogP contribution in [0.2, 0.25) is 0 Å². The van der Waals surface area contributed by atoms with Gasteiger partial charge >= 0.3 is 6.18 Å². The zero-order valence-electron chi connectivity index (χ0n) is 11.1. The summed E-state index contributed by atoms with van der Waals surface area (Å²) in [7, 11) is 0. The van der Waals surface area contributed by atoms with Crippen LogP contribution in [0.15, 0.2) is 6.07 Å². The minimum absolute atomic E-state index is 0.0332. The van der Waals surface area contributed by atoms with Crippen molar-refractivity contribution >= 4 is 11.6 Å². The molecule has 0 aliphatic carbocycles. The molecule has 2 N–H and O–H groups in total. The molecule has 0 aliphatic rings. The standard InChI is InChI=1S/C12H19F3N4/c1-3-9-18-10(16-4-2)8-11(19-9)17-7-5-6-12(13,14)15/h8H,3-7H2,1-2H3,(H2,16,17,18,19). The minimum Gasteiger partial charge on any atom is -0.370 e. The molecule has 1 heterocycles. The van der Waals surface area contributed by atoms with Crippen LogP contribution in [0.4, 0.5) is 24.8 Å². The molecule has 1 rings (SSSR count). The Morgan fingerprint density at radius 1 is 1.11 bits per heavy atom. The van der Waals surface area contributed by atoms with Crippen molar-refractivity contribution in [3.63, 3.8) is 0 Å². The molecule has 0 fully saturated rings. The molecule has 0 radical (unpaired) electrons. The molecule has 1 aromatic rings. The lowest BCUT2D eigenvalue weighted by Crippen LogP contribution is -2.12. The summed E-state index contributed by atoms with van der Waals surface area (Å²) in [5.41, 5.74) is 0. The highest BCUT2D eigenvalue weighted by atomic mass is 19.4. The van der Waals surface area contributed by atoms with Crippen molar-refractivity contribution in [2.75, 3.05) is 23.7 Å². The van der Waals surface area contributed by atoms with E-state index in [4.69, 9.17) is 0 Å². The first-order chi connectivity index (χ1) is 8.94. The Morgan fingerprint density at radius 2 is 1.74 bits per heavy atom. The third-order valence-corrected chi connectivity index (χ3v) is 2.39. The van der Waals surface area contributed by atoms with E-state index in [1.165, 1.54) is 0 Å². The van der Waals surface area contributed by atoms with Gasteiger partial charge in [-0.25, -0.2) is 9.97 Å². The van der Waals surface area contributed by atoms with Gasteiger partial charge in [0.1, 0.15) is 17.5 Å². The van der Waals surface area contributed by atoms with E-state index >= 15 is 0 Å². The first-order valence-corrected chi connectivity index (χ1v) is 6.37. The zero-order valence-corrected chi connectivity index (χ0v) is 11.1. The summed E-state index contributed by atoms with van der Waals surface area (Å²) in [6.45, 7) is 4.85. The maximum Gasteiger partial charge on any atom is 0.389 e. The van der Waals surface area contributed by atoms with Crippen molar-refractivity contribution in [3.05, 3.63) is 11.9 Å². The van der Waals surface area contributed by atoms with Gasteiger partial charge in [0.05, 0.1) is 0 Å². The van der Waals surface area contributed by atoms with Gasteiger partial charge in [-0.05, 0) is 13.3 Å². The van der Waals surface area contributed by atoms with E-state index in [1.807, 2.05) is 13.8 Å². The smallest absolute Gasteiger partial charge is 0.370 e. The molecule has 0 bridgehead atoms. The Balaban J connectivity index is 2.54. The third kappa shape index (κ3) is 6.26. The molecule has 0 spiro atoms. The molecular weight excluding hydrogens is 257 g/mol. The van der Waals surface area contributed by atoms with Crippen LogP contribution in [0, 0.1) is 0 Å². The molecule has 19 heavy (non-hydrogen) atoms. The molecule has 7 heteroatoms. The van der Waals surface area contributed by atoms with E-state index in [0.717, 1.165) is 6.54 Å². The summed E-state index contributed by atoms with van der Waals surface area (Å²) in [6, 6.07) is 1.70. The first-order valence-electron chi connectivity index (χ1n) is 6.37. The Kier molecular flexibility index (Phi) is 5.85. The van der Waals surface area contributed by atoms with Crippen LogP contribution in [0.1, 0.15) is 32.5 Å². The summed E-state index contributed by atoms with van der Waals surface area (Å²) in [5.74, 6) is 1.91. The van der Waals surface area contributed by atoms with Gasteiger partial charge in [-0.3, -0.25) is 0 Å². The second-order valence-electron chi connectivity index (χ2n) is 4.08. The van der Waals surface area contributed by atoms with E-state index in [0.29, 0.717) is 23.9 Å². The van der Waals surface area contributed by atoms with E-state index in [1.54, 1.807) is 6.07 Å². The van der Waals surface area contributed by atoms with Crippen LogP contribution in [0.5, 0.6) is 0 Å². The highest BCUT2D eigenvalue weighted by Crippen LogP contribution is 2.21. The molecular formula is C12H19F3N4.